The van der Waals surface area contributed by atoms with Crippen LogP contribution in [0.25, 0.3) is 0 Å². The fraction of sp³-hybridized carbons (Fsp3) is 0.381. The van der Waals surface area contributed by atoms with Crippen molar-refractivity contribution in [2.24, 2.45) is 0 Å². The molecule has 1 unspecified atom stereocenters. The third-order valence-corrected chi connectivity index (χ3v) is 4.87. The van der Waals surface area contributed by atoms with Crippen molar-refractivity contribution in [3.8, 4) is 0 Å². The van der Waals surface area contributed by atoms with Gasteiger partial charge in [0.1, 0.15) is 11.9 Å². The Kier molecular flexibility index (Phi) is 6.91. The zero-order chi connectivity index (χ0) is 21.6. The number of halogens is 3. The van der Waals surface area contributed by atoms with Crippen LogP contribution < -0.4 is 10.6 Å². The summed E-state index contributed by atoms with van der Waals surface area (Å²) < 4.78 is 39.1. The standard InChI is InChI=1S/C21H23F3N4O2/c22-21(23,24)16-9-6-11-25-19(16)26-12-13-27-20(30)18(15-7-2-1-3-8-15)28-14-5-4-10-17(28)29/h1-3,6-9,11,18H,4-5,10,12-14H2,(H,25,26)(H,27,30). The Bertz CT molecular complexity index is 874. The van der Waals surface area contributed by atoms with Crippen molar-refractivity contribution in [3.63, 3.8) is 0 Å². The molecule has 1 aliphatic heterocycles. The van der Waals surface area contributed by atoms with Crippen LogP contribution in [0.1, 0.15) is 36.4 Å². The minimum Gasteiger partial charge on any atom is -0.368 e. The second-order valence-corrected chi connectivity index (χ2v) is 6.97. The van der Waals surface area contributed by atoms with E-state index in [0.29, 0.717) is 18.5 Å². The molecule has 1 aromatic carbocycles. The van der Waals surface area contributed by atoms with Gasteiger partial charge >= 0.3 is 6.18 Å². The predicted molar refractivity (Wildman–Crippen MR) is 105 cm³/mol. The number of piperidine rings is 1. The molecule has 1 atom stereocenters. The summed E-state index contributed by atoms with van der Waals surface area (Å²) in [6.45, 7) is 0.631. The van der Waals surface area contributed by atoms with Crippen molar-refractivity contribution in [3.05, 3.63) is 59.8 Å². The molecule has 2 heterocycles. The molecule has 1 saturated heterocycles. The number of hydrogen-bond donors (Lipinski definition) is 2. The van der Waals surface area contributed by atoms with Crippen LogP contribution in [0.15, 0.2) is 48.7 Å². The highest BCUT2D eigenvalue weighted by Gasteiger charge is 2.34. The summed E-state index contributed by atoms with van der Waals surface area (Å²) in [4.78, 5) is 30.6. The normalized spacial score (nSPS) is 15.6. The molecule has 2 aromatic rings. The highest BCUT2D eigenvalue weighted by atomic mass is 19.4. The molecular formula is C21H23F3N4O2. The summed E-state index contributed by atoms with van der Waals surface area (Å²) in [6, 6.07) is 10.4. The van der Waals surface area contributed by atoms with Gasteiger partial charge in [0.05, 0.1) is 5.56 Å². The Morgan fingerprint density at radius 3 is 2.57 bits per heavy atom. The van der Waals surface area contributed by atoms with Gasteiger partial charge in [0.2, 0.25) is 11.8 Å². The first-order valence-electron chi connectivity index (χ1n) is 9.76. The summed E-state index contributed by atoms with van der Waals surface area (Å²) in [6.07, 6.45) is -1.23. The second-order valence-electron chi connectivity index (χ2n) is 6.97. The Balaban J connectivity index is 1.64. The van der Waals surface area contributed by atoms with Gasteiger partial charge in [-0.15, -0.1) is 0 Å². The van der Waals surface area contributed by atoms with Gasteiger partial charge in [-0.05, 0) is 30.5 Å². The molecule has 1 fully saturated rings. The van der Waals surface area contributed by atoms with E-state index in [9.17, 15) is 22.8 Å². The molecule has 30 heavy (non-hydrogen) atoms. The summed E-state index contributed by atoms with van der Waals surface area (Å²) in [7, 11) is 0. The fourth-order valence-corrected chi connectivity index (χ4v) is 3.45. The quantitative estimate of drug-likeness (QED) is 0.674. The lowest BCUT2D eigenvalue weighted by Crippen LogP contribution is -2.46. The molecule has 0 aliphatic carbocycles. The number of rotatable bonds is 7. The fourth-order valence-electron chi connectivity index (χ4n) is 3.45. The van der Waals surface area contributed by atoms with Crippen LogP contribution in [0.2, 0.25) is 0 Å². The molecule has 1 aromatic heterocycles. The van der Waals surface area contributed by atoms with E-state index >= 15 is 0 Å². The highest BCUT2D eigenvalue weighted by molar-refractivity contribution is 5.89. The SMILES string of the molecule is O=C(NCCNc1ncccc1C(F)(F)F)C(c1ccccc1)N1CCCCC1=O. The number of benzene rings is 1. The molecule has 6 nitrogen and oxygen atoms in total. The Morgan fingerprint density at radius 1 is 1.10 bits per heavy atom. The maximum absolute atomic E-state index is 13.0. The van der Waals surface area contributed by atoms with Gasteiger partial charge in [-0.1, -0.05) is 30.3 Å². The first-order chi connectivity index (χ1) is 14.4. The summed E-state index contributed by atoms with van der Waals surface area (Å²) in [5, 5.41) is 5.34. The van der Waals surface area contributed by atoms with Gasteiger partial charge in [0, 0.05) is 32.3 Å². The highest BCUT2D eigenvalue weighted by Crippen LogP contribution is 2.33. The smallest absolute Gasteiger partial charge is 0.368 e. The number of aromatic nitrogens is 1. The maximum Gasteiger partial charge on any atom is 0.419 e. The number of amides is 2. The number of carbonyl (C=O) groups is 2. The summed E-state index contributed by atoms with van der Waals surface area (Å²) in [5.41, 5.74) is -0.167. The number of nitrogens with zero attached hydrogens (tertiary/aromatic N) is 2. The molecule has 9 heteroatoms. The molecule has 0 spiro atoms. The van der Waals surface area contributed by atoms with Crippen molar-refractivity contribution in [2.75, 3.05) is 25.0 Å². The zero-order valence-electron chi connectivity index (χ0n) is 16.3. The maximum atomic E-state index is 13.0. The van der Waals surface area contributed by atoms with Gasteiger partial charge < -0.3 is 15.5 Å². The monoisotopic (exact) mass is 420 g/mol. The zero-order valence-corrected chi connectivity index (χ0v) is 16.3. The van der Waals surface area contributed by atoms with Gasteiger partial charge in [-0.25, -0.2) is 4.98 Å². The van der Waals surface area contributed by atoms with Crippen LogP contribution in [-0.2, 0) is 15.8 Å². The minimum absolute atomic E-state index is 0.0568. The van der Waals surface area contributed by atoms with Crippen LogP contribution in [0.4, 0.5) is 19.0 Å². The van der Waals surface area contributed by atoms with Crippen molar-refractivity contribution in [1.29, 1.82) is 0 Å². The Labute approximate surface area is 172 Å². The van der Waals surface area contributed by atoms with E-state index in [4.69, 9.17) is 0 Å². The molecule has 160 valence electrons. The van der Waals surface area contributed by atoms with Crippen LogP contribution in [0, 0.1) is 0 Å². The first kappa shape index (κ1) is 21.6. The van der Waals surface area contributed by atoms with Crippen LogP contribution in [0.3, 0.4) is 0 Å². The van der Waals surface area contributed by atoms with E-state index in [2.05, 4.69) is 15.6 Å². The second kappa shape index (κ2) is 9.60. The van der Waals surface area contributed by atoms with Crippen molar-refractivity contribution >= 4 is 17.6 Å². The number of nitrogens with one attached hydrogen (secondary N) is 2. The molecule has 0 radical (unpaired) electrons. The van der Waals surface area contributed by atoms with Crippen molar-refractivity contribution in [1.82, 2.24) is 15.2 Å². The van der Waals surface area contributed by atoms with E-state index in [-0.39, 0.29) is 30.7 Å². The number of anilines is 1. The van der Waals surface area contributed by atoms with E-state index in [0.717, 1.165) is 18.9 Å². The third-order valence-electron chi connectivity index (χ3n) is 4.87. The molecule has 2 amide bonds. The topological polar surface area (TPSA) is 74.3 Å². The summed E-state index contributed by atoms with van der Waals surface area (Å²) >= 11 is 0. The lowest BCUT2D eigenvalue weighted by atomic mass is 10.0. The Morgan fingerprint density at radius 2 is 1.87 bits per heavy atom. The van der Waals surface area contributed by atoms with Gasteiger partial charge in [-0.2, -0.15) is 13.2 Å². The largest absolute Gasteiger partial charge is 0.419 e. The number of carbonyl (C=O) groups excluding carboxylic acids is 2. The van der Waals surface area contributed by atoms with Gasteiger partial charge in [0.15, 0.2) is 0 Å². The number of likely N-dealkylation sites (tertiary alicyclic amines) is 1. The van der Waals surface area contributed by atoms with E-state index < -0.39 is 17.8 Å². The summed E-state index contributed by atoms with van der Waals surface area (Å²) in [5.74, 6) is -0.730. The number of alkyl halides is 3. The van der Waals surface area contributed by atoms with Crippen molar-refractivity contribution in [2.45, 2.75) is 31.5 Å². The molecule has 0 saturated carbocycles. The number of pyridine rings is 1. The van der Waals surface area contributed by atoms with Crippen LogP contribution >= 0.6 is 0 Å². The lowest BCUT2D eigenvalue weighted by molar-refractivity contribution is -0.142. The predicted octanol–water partition coefficient (Wildman–Crippen LogP) is 3.38. The minimum atomic E-state index is -4.52. The average molecular weight is 420 g/mol. The molecule has 0 bridgehead atoms. The van der Waals surface area contributed by atoms with Gasteiger partial charge in [0.25, 0.3) is 0 Å². The van der Waals surface area contributed by atoms with E-state index in [1.165, 1.54) is 12.3 Å². The van der Waals surface area contributed by atoms with E-state index in [1.54, 1.807) is 29.2 Å². The lowest BCUT2D eigenvalue weighted by Gasteiger charge is -2.34. The van der Waals surface area contributed by atoms with Crippen LogP contribution in [0.5, 0.6) is 0 Å². The molecule has 1 aliphatic rings. The average Bonchev–Trinajstić information content (AvgIpc) is 2.73. The first-order valence-corrected chi connectivity index (χ1v) is 9.76. The molecule has 3 rings (SSSR count). The van der Waals surface area contributed by atoms with Crippen molar-refractivity contribution < 1.29 is 22.8 Å². The van der Waals surface area contributed by atoms with Gasteiger partial charge in [-0.3, -0.25) is 9.59 Å². The van der Waals surface area contributed by atoms with Crippen LogP contribution in [-0.4, -0.2) is 41.3 Å². The molecular weight excluding hydrogens is 397 g/mol. The Hall–Kier alpha value is -3.10. The van der Waals surface area contributed by atoms with E-state index in [1.807, 2.05) is 6.07 Å². The third kappa shape index (κ3) is 5.28. The molecule has 2 N–H and O–H groups in total. The number of hydrogen-bond acceptors (Lipinski definition) is 4.